The van der Waals surface area contributed by atoms with E-state index >= 15 is 0 Å². The summed E-state index contributed by atoms with van der Waals surface area (Å²) in [7, 11) is 0. The van der Waals surface area contributed by atoms with Gasteiger partial charge in [0, 0.05) is 36.4 Å². The maximum atomic E-state index is 12.0. The van der Waals surface area contributed by atoms with Crippen molar-refractivity contribution in [1.82, 2.24) is 10.2 Å². The number of nitrogens with zero attached hydrogens (tertiary/aromatic N) is 1. The molecule has 1 atom stereocenters. The van der Waals surface area contributed by atoms with Crippen molar-refractivity contribution >= 4 is 23.3 Å². The van der Waals surface area contributed by atoms with Gasteiger partial charge in [0.15, 0.2) is 0 Å². The van der Waals surface area contributed by atoms with Crippen LogP contribution in [0.5, 0.6) is 5.75 Å². The molecule has 0 bridgehead atoms. The van der Waals surface area contributed by atoms with Crippen LogP contribution in [0.3, 0.4) is 0 Å². The van der Waals surface area contributed by atoms with Gasteiger partial charge in [-0.25, -0.2) is 4.79 Å². The Morgan fingerprint density at radius 3 is 2.79 bits per heavy atom. The number of aromatic hydroxyl groups is 1. The van der Waals surface area contributed by atoms with Gasteiger partial charge in [-0.3, -0.25) is 4.90 Å². The summed E-state index contributed by atoms with van der Waals surface area (Å²) in [6.45, 7) is 2.59. The molecule has 5 nitrogen and oxygen atoms in total. The summed E-state index contributed by atoms with van der Waals surface area (Å²) >= 11 is 6.02. The highest BCUT2D eigenvalue weighted by Crippen LogP contribution is 2.17. The Balaban J connectivity index is 1.47. The summed E-state index contributed by atoms with van der Waals surface area (Å²) in [5.41, 5.74) is 1.83. The predicted molar refractivity (Wildman–Crippen MR) is 95.4 cm³/mol. The number of halogens is 1. The van der Waals surface area contributed by atoms with Gasteiger partial charge in [0.1, 0.15) is 5.75 Å². The lowest BCUT2D eigenvalue weighted by Gasteiger charge is -2.17. The third-order valence-corrected chi connectivity index (χ3v) is 4.26. The Kier molecular flexibility index (Phi) is 5.23. The summed E-state index contributed by atoms with van der Waals surface area (Å²) in [5, 5.41) is 15.8. The van der Waals surface area contributed by atoms with Gasteiger partial charge in [0.25, 0.3) is 0 Å². The fourth-order valence-electron chi connectivity index (χ4n) is 2.88. The lowest BCUT2D eigenvalue weighted by atomic mass is 10.2. The van der Waals surface area contributed by atoms with Crippen LogP contribution in [0.15, 0.2) is 48.5 Å². The molecule has 1 heterocycles. The molecule has 1 aliphatic rings. The minimum Gasteiger partial charge on any atom is -0.508 e. The first-order valence-corrected chi connectivity index (χ1v) is 8.29. The first-order chi connectivity index (χ1) is 11.6. The third-order valence-electron chi connectivity index (χ3n) is 4.03. The number of benzene rings is 2. The molecule has 0 spiro atoms. The van der Waals surface area contributed by atoms with Gasteiger partial charge in [-0.05, 0) is 48.4 Å². The summed E-state index contributed by atoms with van der Waals surface area (Å²) < 4.78 is 0. The maximum absolute atomic E-state index is 12.0. The molecule has 0 saturated carbocycles. The zero-order chi connectivity index (χ0) is 16.9. The largest absolute Gasteiger partial charge is 0.508 e. The van der Waals surface area contributed by atoms with Crippen LogP contribution in [0.4, 0.5) is 10.5 Å². The number of hydrogen-bond acceptors (Lipinski definition) is 3. The molecule has 6 heteroatoms. The summed E-state index contributed by atoms with van der Waals surface area (Å²) in [6.07, 6.45) is 0.920. The number of phenols is 1. The fraction of sp³-hybridized carbons (Fsp3) is 0.278. The summed E-state index contributed by atoms with van der Waals surface area (Å²) in [5.74, 6) is 0.174. The molecule has 0 aromatic heterocycles. The second-order valence-corrected chi connectivity index (χ2v) is 6.43. The standard InChI is InChI=1S/C18H20ClN3O2/c19-14-3-1-2-13(10-14)11-22-9-8-16(12-22)21-18(24)20-15-4-6-17(23)7-5-15/h1-7,10,16,23H,8-9,11-12H2,(H2,20,21,24). The lowest BCUT2D eigenvalue weighted by Crippen LogP contribution is -2.39. The van der Waals surface area contributed by atoms with Crippen LogP contribution >= 0.6 is 11.6 Å². The van der Waals surface area contributed by atoms with Crippen LogP contribution < -0.4 is 10.6 Å². The number of carbonyl (C=O) groups is 1. The monoisotopic (exact) mass is 345 g/mol. The van der Waals surface area contributed by atoms with E-state index < -0.39 is 0 Å². The molecule has 126 valence electrons. The molecule has 1 saturated heterocycles. The Morgan fingerprint density at radius 1 is 1.25 bits per heavy atom. The number of likely N-dealkylation sites (tertiary alicyclic amines) is 1. The zero-order valence-corrected chi connectivity index (χ0v) is 14.0. The van der Waals surface area contributed by atoms with E-state index in [2.05, 4.69) is 21.6 Å². The minimum absolute atomic E-state index is 0.126. The number of phenolic OH excluding ortho intramolecular Hbond substituents is 1. The summed E-state index contributed by atoms with van der Waals surface area (Å²) in [4.78, 5) is 14.3. The smallest absolute Gasteiger partial charge is 0.319 e. The third kappa shape index (κ3) is 4.63. The van der Waals surface area contributed by atoms with Gasteiger partial charge in [0.05, 0.1) is 0 Å². The first kappa shape index (κ1) is 16.6. The van der Waals surface area contributed by atoms with Crippen LogP contribution in [0.25, 0.3) is 0 Å². The predicted octanol–water partition coefficient (Wildman–Crippen LogP) is 3.44. The van der Waals surface area contributed by atoms with E-state index in [0.717, 1.165) is 31.1 Å². The minimum atomic E-state index is -0.227. The van der Waals surface area contributed by atoms with Crippen LogP contribution in [0.1, 0.15) is 12.0 Å². The van der Waals surface area contributed by atoms with Gasteiger partial charge in [-0.15, -0.1) is 0 Å². The van der Waals surface area contributed by atoms with Crippen LogP contribution in [0, 0.1) is 0 Å². The lowest BCUT2D eigenvalue weighted by molar-refractivity contribution is 0.247. The molecule has 2 aromatic rings. The molecule has 24 heavy (non-hydrogen) atoms. The number of carbonyl (C=O) groups excluding carboxylic acids is 1. The maximum Gasteiger partial charge on any atom is 0.319 e. The van der Waals surface area contributed by atoms with E-state index in [4.69, 9.17) is 11.6 Å². The molecule has 1 aliphatic heterocycles. The molecule has 2 aromatic carbocycles. The van der Waals surface area contributed by atoms with Crippen LogP contribution in [-0.4, -0.2) is 35.2 Å². The summed E-state index contributed by atoms with van der Waals surface area (Å²) in [6, 6.07) is 14.2. The Bertz CT molecular complexity index is 706. The second-order valence-electron chi connectivity index (χ2n) is 6.00. The van der Waals surface area contributed by atoms with Gasteiger partial charge >= 0.3 is 6.03 Å². The first-order valence-electron chi connectivity index (χ1n) is 7.92. The Morgan fingerprint density at radius 2 is 2.04 bits per heavy atom. The van der Waals surface area contributed by atoms with Crippen LogP contribution in [-0.2, 0) is 6.54 Å². The SMILES string of the molecule is O=C(Nc1ccc(O)cc1)NC1CCN(Cc2cccc(Cl)c2)C1. The average molecular weight is 346 g/mol. The molecular weight excluding hydrogens is 326 g/mol. The molecule has 2 amide bonds. The Labute approximate surface area is 146 Å². The van der Waals surface area contributed by atoms with Gasteiger partial charge in [-0.2, -0.15) is 0 Å². The van der Waals surface area contributed by atoms with Crippen molar-refractivity contribution in [2.75, 3.05) is 18.4 Å². The number of rotatable bonds is 4. The number of amides is 2. The van der Waals surface area contributed by atoms with Crippen molar-refractivity contribution in [3.63, 3.8) is 0 Å². The van der Waals surface area contributed by atoms with Crippen molar-refractivity contribution in [2.45, 2.75) is 19.0 Å². The van der Waals surface area contributed by atoms with Gasteiger partial charge < -0.3 is 15.7 Å². The number of anilines is 1. The highest BCUT2D eigenvalue weighted by atomic mass is 35.5. The second kappa shape index (κ2) is 7.55. The highest BCUT2D eigenvalue weighted by Gasteiger charge is 2.23. The molecule has 0 radical (unpaired) electrons. The molecular formula is C18H20ClN3O2. The van der Waals surface area contributed by atoms with Crippen molar-refractivity contribution in [3.05, 3.63) is 59.1 Å². The zero-order valence-electron chi connectivity index (χ0n) is 13.2. The molecule has 1 fully saturated rings. The van der Waals surface area contributed by atoms with E-state index in [1.54, 1.807) is 12.1 Å². The van der Waals surface area contributed by atoms with E-state index in [0.29, 0.717) is 5.69 Å². The van der Waals surface area contributed by atoms with Crippen LogP contribution in [0.2, 0.25) is 5.02 Å². The van der Waals surface area contributed by atoms with E-state index in [1.165, 1.54) is 17.7 Å². The van der Waals surface area contributed by atoms with Gasteiger partial charge in [-0.1, -0.05) is 23.7 Å². The van der Waals surface area contributed by atoms with Crippen molar-refractivity contribution in [1.29, 1.82) is 0 Å². The van der Waals surface area contributed by atoms with E-state index in [9.17, 15) is 9.90 Å². The Hall–Kier alpha value is -2.24. The average Bonchev–Trinajstić information content (AvgIpc) is 2.96. The molecule has 3 rings (SSSR count). The number of hydrogen-bond donors (Lipinski definition) is 3. The van der Waals surface area contributed by atoms with Crippen molar-refractivity contribution in [2.24, 2.45) is 0 Å². The van der Waals surface area contributed by atoms with E-state index in [-0.39, 0.29) is 17.8 Å². The highest BCUT2D eigenvalue weighted by molar-refractivity contribution is 6.30. The molecule has 3 N–H and O–H groups in total. The topological polar surface area (TPSA) is 64.6 Å². The van der Waals surface area contributed by atoms with Crippen molar-refractivity contribution < 1.29 is 9.90 Å². The normalized spacial score (nSPS) is 17.6. The molecule has 1 unspecified atom stereocenters. The molecule has 0 aliphatic carbocycles. The fourth-order valence-corrected chi connectivity index (χ4v) is 3.10. The number of urea groups is 1. The van der Waals surface area contributed by atoms with E-state index in [1.807, 2.05) is 18.2 Å². The number of nitrogens with one attached hydrogen (secondary N) is 2. The van der Waals surface area contributed by atoms with Gasteiger partial charge in [0.2, 0.25) is 0 Å². The van der Waals surface area contributed by atoms with Crippen molar-refractivity contribution in [3.8, 4) is 5.75 Å². The quantitative estimate of drug-likeness (QED) is 0.744.